The lowest BCUT2D eigenvalue weighted by molar-refractivity contribution is 0.683. The molecule has 0 aromatic carbocycles. The molecule has 0 saturated carbocycles. The van der Waals surface area contributed by atoms with E-state index in [1.165, 1.54) is 0 Å². The summed E-state index contributed by atoms with van der Waals surface area (Å²) in [6.07, 6.45) is 3.37. The van der Waals surface area contributed by atoms with E-state index in [4.69, 9.17) is 0 Å². The van der Waals surface area contributed by atoms with E-state index in [2.05, 4.69) is 20.6 Å². The molecule has 0 saturated heterocycles. The summed E-state index contributed by atoms with van der Waals surface area (Å²) in [5.74, 6) is 1.93. The zero-order chi connectivity index (χ0) is 11.3. The molecule has 2 N–H and O–H groups in total. The van der Waals surface area contributed by atoms with E-state index in [0.29, 0.717) is 11.7 Å². The third kappa shape index (κ3) is 4.24. The van der Waals surface area contributed by atoms with Crippen molar-refractivity contribution in [1.29, 1.82) is 0 Å². The molecule has 2 unspecified atom stereocenters. The van der Waals surface area contributed by atoms with Gasteiger partial charge in [0.1, 0.15) is 5.82 Å². The summed E-state index contributed by atoms with van der Waals surface area (Å²) in [7, 11) is 0.970. The minimum atomic E-state index is -0.798. The van der Waals surface area contributed by atoms with Gasteiger partial charge in [0.25, 0.3) is 0 Å². The van der Waals surface area contributed by atoms with Gasteiger partial charge >= 0.3 is 0 Å². The highest BCUT2D eigenvalue weighted by Crippen LogP contribution is 2.06. The first-order valence-electron chi connectivity index (χ1n) is 4.69. The molecule has 0 aliphatic heterocycles. The van der Waals surface area contributed by atoms with Gasteiger partial charge < -0.3 is 10.6 Å². The lowest BCUT2D eigenvalue weighted by Gasteiger charge is -2.13. The molecule has 6 heteroatoms. The number of nitrogens with one attached hydrogen (secondary N) is 2. The molecule has 1 rings (SSSR count). The minimum absolute atomic E-state index is 0.135. The molecule has 15 heavy (non-hydrogen) atoms. The average Bonchev–Trinajstić information content (AvgIpc) is 2.16. The smallest absolute Gasteiger partial charge is 0.224 e. The second-order valence-electron chi connectivity index (χ2n) is 3.30. The van der Waals surface area contributed by atoms with Crippen LogP contribution in [0, 0.1) is 0 Å². The Morgan fingerprint density at radius 2 is 2.33 bits per heavy atom. The zero-order valence-corrected chi connectivity index (χ0v) is 9.97. The van der Waals surface area contributed by atoms with Crippen LogP contribution in [0.3, 0.4) is 0 Å². The molecule has 0 bridgehead atoms. The van der Waals surface area contributed by atoms with Gasteiger partial charge in [0.05, 0.1) is 0 Å². The van der Waals surface area contributed by atoms with Crippen LogP contribution in [0.2, 0.25) is 0 Å². The Hall–Kier alpha value is -1.17. The number of hydrogen-bond donors (Lipinski definition) is 2. The molecule has 0 aliphatic rings. The first-order valence-corrected chi connectivity index (χ1v) is 6.42. The third-order valence-corrected chi connectivity index (χ3v) is 2.73. The molecule has 2 atom stereocenters. The van der Waals surface area contributed by atoms with Crippen molar-refractivity contribution in [2.45, 2.75) is 13.0 Å². The van der Waals surface area contributed by atoms with Crippen molar-refractivity contribution in [3.8, 4) is 0 Å². The van der Waals surface area contributed by atoms with Crippen LogP contribution in [-0.2, 0) is 10.8 Å². The van der Waals surface area contributed by atoms with Crippen molar-refractivity contribution < 1.29 is 4.21 Å². The van der Waals surface area contributed by atoms with Gasteiger partial charge in [0, 0.05) is 42.1 Å². The van der Waals surface area contributed by atoms with Crippen molar-refractivity contribution in [3.05, 3.63) is 12.3 Å². The Labute approximate surface area is 92.2 Å². The van der Waals surface area contributed by atoms with Crippen molar-refractivity contribution in [2.24, 2.45) is 0 Å². The van der Waals surface area contributed by atoms with E-state index in [1.54, 1.807) is 25.6 Å². The SMILES string of the molecule is CNc1nccc(NC(C)CS(C)=O)n1. The summed E-state index contributed by atoms with van der Waals surface area (Å²) in [4.78, 5) is 8.21. The van der Waals surface area contributed by atoms with Crippen LogP contribution < -0.4 is 10.6 Å². The maximum Gasteiger partial charge on any atom is 0.224 e. The second kappa shape index (κ2) is 5.65. The quantitative estimate of drug-likeness (QED) is 0.776. The van der Waals surface area contributed by atoms with Crippen LogP contribution in [0.5, 0.6) is 0 Å². The topological polar surface area (TPSA) is 66.9 Å². The van der Waals surface area contributed by atoms with Gasteiger partial charge in [-0.15, -0.1) is 0 Å². The van der Waals surface area contributed by atoms with Gasteiger partial charge in [0.2, 0.25) is 5.95 Å². The summed E-state index contributed by atoms with van der Waals surface area (Å²) in [5, 5.41) is 6.02. The molecule has 1 heterocycles. The van der Waals surface area contributed by atoms with Crippen LogP contribution in [0.1, 0.15) is 6.92 Å². The predicted octanol–water partition coefficient (Wildman–Crippen LogP) is 0.697. The van der Waals surface area contributed by atoms with Gasteiger partial charge in [-0.25, -0.2) is 4.98 Å². The van der Waals surface area contributed by atoms with Crippen LogP contribution in [0.25, 0.3) is 0 Å². The summed E-state index contributed by atoms with van der Waals surface area (Å²) < 4.78 is 11.0. The number of rotatable bonds is 5. The van der Waals surface area contributed by atoms with E-state index in [0.717, 1.165) is 5.82 Å². The Kier molecular flexibility index (Phi) is 4.48. The summed E-state index contributed by atoms with van der Waals surface area (Å²) in [6.45, 7) is 1.97. The predicted molar refractivity (Wildman–Crippen MR) is 63.6 cm³/mol. The highest BCUT2D eigenvalue weighted by Gasteiger charge is 2.05. The van der Waals surface area contributed by atoms with Gasteiger partial charge in [-0.1, -0.05) is 0 Å². The highest BCUT2D eigenvalue weighted by molar-refractivity contribution is 7.84. The number of nitrogens with zero attached hydrogens (tertiary/aromatic N) is 2. The van der Waals surface area contributed by atoms with E-state index < -0.39 is 10.8 Å². The number of hydrogen-bond acceptors (Lipinski definition) is 5. The van der Waals surface area contributed by atoms with E-state index in [-0.39, 0.29) is 6.04 Å². The van der Waals surface area contributed by atoms with Crippen molar-refractivity contribution in [3.63, 3.8) is 0 Å². The number of anilines is 2. The molecule has 1 aromatic rings. The molecule has 1 aromatic heterocycles. The first kappa shape index (κ1) is 11.9. The van der Waals surface area contributed by atoms with E-state index >= 15 is 0 Å². The molecule has 0 radical (unpaired) electrons. The fourth-order valence-electron chi connectivity index (χ4n) is 1.21. The molecule has 0 amide bonds. The fourth-order valence-corrected chi connectivity index (χ4v) is 1.99. The van der Waals surface area contributed by atoms with Gasteiger partial charge in [-0.3, -0.25) is 4.21 Å². The molecular formula is C9H16N4OS. The summed E-state index contributed by atoms with van der Waals surface area (Å²) >= 11 is 0. The van der Waals surface area contributed by atoms with Gasteiger partial charge in [0.15, 0.2) is 0 Å². The average molecular weight is 228 g/mol. The van der Waals surface area contributed by atoms with E-state index in [9.17, 15) is 4.21 Å². The molecule has 0 fully saturated rings. The second-order valence-corrected chi connectivity index (χ2v) is 4.78. The van der Waals surface area contributed by atoms with Gasteiger partial charge in [-0.05, 0) is 13.0 Å². The molecule has 0 aliphatic carbocycles. The Balaban J connectivity index is 2.59. The lowest BCUT2D eigenvalue weighted by Crippen LogP contribution is -2.23. The third-order valence-electron chi connectivity index (χ3n) is 1.76. The van der Waals surface area contributed by atoms with Crippen LogP contribution >= 0.6 is 0 Å². The zero-order valence-electron chi connectivity index (χ0n) is 9.15. The maximum atomic E-state index is 11.0. The largest absolute Gasteiger partial charge is 0.367 e. The normalized spacial score (nSPS) is 14.3. The first-order chi connectivity index (χ1) is 7.11. The van der Waals surface area contributed by atoms with Crippen molar-refractivity contribution in [2.75, 3.05) is 29.7 Å². The standard InChI is InChI=1S/C9H16N4OS/c1-7(6-15(3)14)12-8-4-5-11-9(10-2)13-8/h4-5,7H,6H2,1-3H3,(H2,10,11,12,13). The molecule has 84 valence electrons. The van der Waals surface area contributed by atoms with E-state index in [1.807, 2.05) is 6.92 Å². The fraction of sp³-hybridized carbons (Fsp3) is 0.556. The molecular weight excluding hydrogens is 212 g/mol. The number of aromatic nitrogens is 2. The monoisotopic (exact) mass is 228 g/mol. The lowest BCUT2D eigenvalue weighted by atomic mass is 10.4. The Morgan fingerprint density at radius 3 is 2.93 bits per heavy atom. The highest BCUT2D eigenvalue weighted by atomic mass is 32.2. The van der Waals surface area contributed by atoms with Crippen LogP contribution in [0.15, 0.2) is 12.3 Å². The van der Waals surface area contributed by atoms with Crippen molar-refractivity contribution >= 4 is 22.6 Å². The molecule has 5 nitrogen and oxygen atoms in total. The Morgan fingerprint density at radius 1 is 1.60 bits per heavy atom. The van der Waals surface area contributed by atoms with Crippen LogP contribution in [-0.4, -0.2) is 39.3 Å². The Bertz CT molecular complexity index is 345. The minimum Gasteiger partial charge on any atom is -0.367 e. The van der Waals surface area contributed by atoms with Gasteiger partial charge in [-0.2, -0.15) is 4.98 Å². The maximum absolute atomic E-state index is 11.0. The molecule has 0 spiro atoms. The van der Waals surface area contributed by atoms with Crippen LogP contribution in [0.4, 0.5) is 11.8 Å². The summed E-state index contributed by atoms with van der Waals surface area (Å²) in [6, 6.07) is 1.92. The summed E-state index contributed by atoms with van der Waals surface area (Å²) in [5.41, 5.74) is 0. The van der Waals surface area contributed by atoms with Crippen molar-refractivity contribution in [1.82, 2.24) is 9.97 Å².